The fraction of sp³-hybridized carbons (Fsp3) is 0.643. The van der Waals surface area contributed by atoms with Crippen molar-refractivity contribution in [2.24, 2.45) is 0 Å². The first kappa shape index (κ1) is 13.3. The summed E-state index contributed by atoms with van der Waals surface area (Å²) in [5.74, 6) is 0.947. The molecule has 4 heteroatoms. The predicted octanol–water partition coefficient (Wildman–Crippen LogP) is 2.12. The Morgan fingerprint density at radius 3 is 3.00 bits per heavy atom. The van der Waals surface area contributed by atoms with Crippen LogP contribution in [0.25, 0.3) is 0 Å². The quantitative estimate of drug-likeness (QED) is 0.838. The van der Waals surface area contributed by atoms with Gasteiger partial charge in [-0.05, 0) is 38.4 Å². The van der Waals surface area contributed by atoms with Crippen molar-refractivity contribution in [3.05, 3.63) is 23.9 Å². The maximum atomic E-state index is 5.65. The molecule has 0 aliphatic carbocycles. The average Bonchev–Trinajstić information content (AvgIpc) is 2.84. The lowest BCUT2D eigenvalue weighted by molar-refractivity contribution is 0.0793. The number of hydrogen-bond acceptors (Lipinski definition) is 4. The number of anilines is 1. The monoisotopic (exact) mass is 249 g/mol. The Morgan fingerprint density at radius 2 is 2.39 bits per heavy atom. The number of nitrogens with one attached hydrogen (secondary N) is 1. The molecule has 1 unspecified atom stereocenters. The van der Waals surface area contributed by atoms with Gasteiger partial charge in [-0.3, -0.25) is 4.90 Å². The van der Waals surface area contributed by atoms with Gasteiger partial charge in [0.25, 0.3) is 0 Å². The van der Waals surface area contributed by atoms with E-state index in [0.717, 1.165) is 32.1 Å². The first-order chi connectivity index (χ1) is 8.78. The van der Waals surface area contributed by atoms with Crippen LogP contribution in [0.15, 0.2) is 18.3 Å². The lowest BCUT2D eigenvalue weighted by Crippen LogP contribution is -2.28. The Kier molecular flexibility index (Phi) is 4.96. The summed E-state index contributed by atoms with van der Waals surface area (Å²) in [4.78, 5) is 6.69. The molecule has 0 spiro atoms. The molecule has 1 aliphatic rings. The Balaban J connectivity index is 1.80. The van der Waals surface area contributed by atoms with E-state index in [4.69, 9.17) is 4.74 Å². The summed E-state index contributed by atoms with van der Waals surface area (Å²) < 4.78 is 5.65. The van der Waals surface area contributed by atoms with E-state index >= 15 is 0 Å². The van der Waals surface area contributed by atoms with E-state index < -0.39 is 0 Å². The van der Waals surface area contributed by atoms with Crippen LogP contribution in [-0.2, 0) is 11.3 Å². The van der Waals surface area contributed by atoms with Gasteiger partial charge in [-0.15, -0.1) is 0 Å². The van der Waals surface area contributed by atoms with Gasteiger partial charge < -0.3 is 10.1 Å². The standard InChI is InChI=1S/C14H23N3O/c1-3-15-14-7-6-12(9-16-14)10-17(2)11-13-5-4-8-18-13/h6-7,9,13H,3-5,8,10-11H2,1-2H3,(H,15,16). The maximum Gasteiger partial charge on any atom is 0.125 e. The van der Waals surface area contributed by atoms with Gasteiger partial charge in [0.05, 0.1) is 6.10 Å². The third-order valence-electron chi connectivity index (χ3n) is 3.17. The Morgan fingerprint density at radius 1 is 1.50 bits per heavy atom. The minimum absolute atomic E-state index is 0.420. The normalized spacial score (nSPS) is 19.4. The van der Waals surface area contributed by atoms with Crippen LogP contribution in [0.4, 0.5) is 5.82 Å². The highest BCUT2D eigenvalue weighted by atomic mass is 16.5. The van der Waals surface area contributed by atoms with Crippen molar-refractivity contribution in [1.29, 1.82) is 0 Å². The van der Waals surface area contributed by atoms with Crippen molar-refractivity contribution in [2.75, 3.05) is 32.1 Å². The molecule has 0 bridgehead atoms. The maximum absolute atomic E-state index is 5.65. The fourth-order valence-electron chi connectivity index (χ4n) is 2.32. The SMILES string of the molecule is CCNc1ccc(CN(C)CC2CCCO2)cn1. The largest absolute Gasteiger partial charge is 0.377 e. The minimum atomic E-state index is 0.420. The summed E-state index contributed by atoms with van der Waals surface area (Å²) in [6.45, 7) is 5.85. The average molecular weight is 249 g/mol. The smallest absolute Gasteiger partial charge is 0.125 e. The molecule has 4 nitrogen and oxygen atoms in total. The summed E-state index contributed by atoms with van der Waals surface area (Å²) >= 11 is 0. The number of nitrogens with zero attached hydrogens (tertiary/aromatic N) is 2. The lowest BCUT2D eigenvalue weighted by Gasteiger charge is -2.20. The fourth-order valence-corrected chi connectivity index (χ4v) is 2.32. The summed E-state index contributed by atoms with van der Waals surface area (Å²) in [7, 11) is 2.14. The third kappa shape index (κ3) is 3.96. The number of likely N-dealkylation sites (N-methyl/N-ethyl adjacent to an activating group) is 1. The Hall–Kier alpha value is -1.13. The molecule has 1 fully saturated rings. The molecule has 18 heavy (non-hydrogen) atoms. The zero-order valence-corrected chi connectivity index (χ0v) is 11.4. The van der Waals surface area contributed by atoms with Gasteiger partial charge in [-0.1, -0.05) is 6.07 Å². The summed E-state index contributed by atoms with van der Waals surface area (Å²) in [5.41, 5.74) is 1.25. The van der Waals surface area contributed by atoms with Crippen molar-refractivity contribution in [2.45, 2.75) is 32.4 Å². The van der Waals surface area contributed by atoms with Gasteiger partial charge in [0.2, 0.25) is 0 Å². The van der Waals surface area contributed by atoms with Gasteiger partial charge >= 0.3 is 0 Å². The molecule has 2 rings (SSSR count). The number of ether oxygens (including phenoxy) is 1. The van der Waals surface area contributed by atoms with E-state index in [-0.39, 0.29) is 0 Å². The Labute approximate surface area is 109 Å². The first-order valence-electron chi connectivity index (χ1n) is 6.77. The molecule has 0 saturated carbocycles. The summed E-state index contributed by atoms with van der Waals surface area (Å²) in [6, 6.07) is 4.18. The van der Waals surface area contributed by atoms with Gasteiger partial charge in [0.1, 0.15) is 5.82 Å². The zero-order valence-electron chi connectivity index (χ0n) is 11.4. The lowest BCUT2D eigenvalue weighted by atomic mass is 10.2. The third-order valence-corrected chi connectivity index (χ3v) is 3.17. The molecular formula is C14H23N3O. The molecule has 1 aromatic heterocycles. The van der Waals surface area contributed by atoms with Crippen molar-refractivity contribution >= 4 is 5.82 Å². The number of pyridine rings is 1. The van der Waals surface area contributed by atoms with E-state index in [1.165, 1.54) is 18.4 Å². The van der Waals surface area contributed by atoms with Crippen LogP contribution in [-0.4, -0.2) is 42.7 Å². The molecule has 1 saturated heterocycles. The second kappa shape index (κ2) is 6.71. The molecule has 1 atom stereocenters. The van der Waals surface area contributed by atoms with Crippen molar-refractivity contribution in [3.8, 4) is 0 Å². The molecule has 1 aromatic rings. The van der Waals surface area contributed by atoms with E-state index in [9.17, 15) is 0 Å². The zero-order chi connectivity index (χ0) is 12.8. The van der Waals surface area contributed by atoms with Crippen molar-refractivity contribution in [3.63, 3.8) is 0 Å². The highest BCUT2D eigenvalue weighted by Gasteiger charge is 2.17. The van der Waals surface area contributed by atoms with Crippen LogP contribution in [0.3, 0.4) is 0 Å². The van der Waals surface area contributed by atoms with E-state index in [2.05, 4.69) is 35.2 Å². The van der Waals surface area contributed by atoms with E-state index in [1.54, 1.807) is 0 Å². The molecule has 1 aliphatic heterocycles. The van der Waals surface area contributed by atoms with Crippen LogP contribution < -0.4 is 5.32 Å². The Bertz CT molecular complexity index is 347. The van der Waals surface area contributed by atoms with Crippen LogP contribution in [0.1, 0.15) is 25.3 Å². The topological polar surface area (TPSA) is 37.4 Å². The van der Waals surface area contributed by atoms with Gasteiger partial charge in [0, 0.05) is 32.4 Å². The number of aromatic nitrogens is 1. The van der Waals surface area contributed by atoms with Crippen LogP contribution in [0.2, 0.25) is 0 Å². The molecule has 0 aromatic carbocycles. The molecule has 0 radical (unpaired) electrons. The molecule has 2 heterocycles. The van der Waals surface area contributed by atoms with Gasteiger partial charge in [-0.2, -0.15) is 0 Å². The summed E-state index contributed by atoms with van der Waals surface area (Å²) in [6.07, 6.45) is 4.77. The van der Waals surface area contributed by atoms with Crippen molar-refractivity contribution < 1.29 is 4.74 Å². The highest BCUT2D eigenvalue weighted by Crippen LogP contribution is 2.14. The second-order valence-electron chi connectivity index (χ2n) is 4.91. The molecule has 0 amide bonds. The van der Waals surface area contributed by atoms with Crippen LogP contribution in [0.5, 0.6) is 0 Å². The first-order valence-corrected chi connectivity index (χ1v) is 6.77. The van der Waals surface area contributed by atoms with E-state index in [0.29, 0.717) is 6.10 Å². The second-order valence-corrected chi connectivity index (χ2v) is 4.91. The van der Waals surface area contributed by atoms with Gasteiger partial charge in [0.15, 0.2) is 0 Å². The molecular weight excluding hydrogens is 226 g/mol. The van der Waals surface area contributed by atoms with Crippen molar-refractivity contribution in [1.82, 2.24) is 9.88 Å². The number of hydrogen-bond donors (Lipinski definition) is 1. The van der Waals surface area contributed by atoms with Crippen LogP contribution >= 0.6 is 0 Å². The molecule has 1 N–H and O–H groups in total. The minimum Gasteiger partial charge on any atom is -0.377 e. The van der Waals surface area contributed by atoms with Crippen LogP contribution in [0, 0.1) is 0 Å². The highest BCUT2D eigenvalue weighted by molar-refractivity contribution is 5.35. The predicted molar refractivity (Wildman–Crippen MR) is 73.7 cm³/mol. The number of rotatable bonds is 6. The van der Waals surface area contributed by atoms with Gasteiger partial charge in [-0.25, -0.2) is 4.98 Å². The summed E-state index contributed by atoms with van der Waals surface area (Å²) in [5, 5.41) is 3.20. The molecule has 100 valence electrons. The van der Waals surface area contributed by atoms with E-state index in [1.807, 2.05) is 12.3 Å².